The lowest BCUT2D eigenvalue weighted by Gasteiger charge is -2.39. The molecule has 0 aliphatic heterocycles. The third-order valence-corrected chi connectivity index (χ3v) is 7.67. The van der Waals surface area contributed by atoms with Crippen molar-refractivity contribution in [3.05, 3.63) is 48.0 Å². The highest BCUT2D eigenvalue weighted by molar-refractivity contribution is 5.86. The quantitative estimate of drug-likeness (QED) is 0.196. The largest absolute Gasteiger partial charge is 0.325 e. The van der Waals surface area contributed by atoms with Gasteiger partial charge >= 0.3 is 0 Å². The van der Waals surface area contributed by atoms with E-state index in [1.54, 1.807) is 0 Å². The fourth-order valence-corrected chi connectivity index (χ4v) is 5.90. The van der Waals surface area contributed by atoms with E-state index >= 15 is 0 Å². The van der Waals surface area contributed by atoms with Crippen LogP contribution < -0.4 is 5.73 Å². The molecule has 2 aromatic rings. The Kier molecular flexibility index (Phi) is 16.6. The van der Waals surface area contributed by atoms with Gasteiger partial charge in [-0.2, -0.15) is 0 Å². The van der Waals surface area contributed by atoms with E-state index in [0.717, 1.165) is 25.7 Å². The molecule has 2 aromatic carbocycles. The number of benzene rings is 2. The third kappa shape index (κ3) is 10.3. The van der Waals surface area contributed by atoms with Crippen LogP contribution in [-0.4, -0.2) is 5.54 Å². The lowest BCUT2D eigenvalue weighted by atomic mass is 9.71. The molecule has 1 unspecified atom stereocenters. The molecular formula is C32H54ClN. The van der Waals surface area contributed by atoms with E-state index < -0.39 is 0 Å². The average molecular weight is 488 g/mol. The minimum absolute atomic E-state index is 0. The van der Waals surface area contributed by atoms with Gasteiger partial charge in [0.1, 0.15) is 0 Å². The number of hydrogen-bond donors (Lipinski definition) is 1. The first kappa shape index (κ1) is 31.0. The minimum atomic E-state index is -0.0919. The summed E-state index contributed by atoms with van der Waals surface area (Å²) in [6.07, 6.45) is 22.6. The number of halogens is 1. The summed E-state index contributed by atoms with van der Waals surface area (Å²) in [6.45, 7) is 6.88. The zero-order chi connectivity index (χ0) is 23.8. The predicted molar refractivity (Wildman–Crippen MR) is 156 cm³/mol. The average Bonchev–Trinajstić information content (AvgIpc) is 2.82. The van der Waals surface area contributed by atoms with Gasteiger partial charge in [-0.25, -0.2) is 0 Å². The second-order valence-electron chi connectivity index (χ2n) is 10.5. The van der Waals surface area contributed by atoms with Crippen LogP contribution in [0.2, 0.25) is 0 Å². The number of rotatable bonds is 19. The number of hydrogen-bond acceptors (Lipinski definition) is 1. The number of fused-ring (bicyclic) bond motifs is 1. The van der Waals surface area contributed by atoms with Crippen molar-refractivity contribution in [3.63, 3.8) is 0 Å². The molecule has 0 saturated carbocycles. The fraction of sp³-hybridized carbons (Fsp3) is 0.688. The van der Waals surface area contributed by atoms with E-state index in [1.165, 1.54) is 99.8 Å². The van der Waals surface area contributed by atoms with Crippen LogP contribution in [0.5, 0.6) is 0 Å². The molecule has 0 spiro atoms. The summed E-state index contributed by atoms with van der Waals surface area (Å²) in [6, 6.07) is 15.7. The monoisotopic (exact) mass is 487 g/mol. The first-order valence-electron chi connectivity index (χ1n) is 14.4. The summed E-state index contributed by atoms with van der Waals surface area (Å²) >= 11 is 0. The molecule has 2 rings (SSSR count). The van der Waals surface area contributed by atoms with Gasteiger partial charge in [0, 0.05) is 11.5 Å². The second kappa shape index (κ2) is 18.3. The molecular weight excluding hydrogens is 434 g/mol. The molecule has 0 fully saturated rings. The van der Waals surface area contributed by atoms with Gasteiger partial charge in [-0.1, -0.05) is 153 Å². The highest BCUT2D eigenvalue weighted by atomic mass is 35.5. The fourth-order valence-electron chi connectivity index (χ4n) is 5.90. The van der Waals surface area contributed by atoms with Crippen LogP contribution in [0.4, 0.5) is 0 Å². The van der Waals surface area contributed by atoms with Gasteiger partial charge in [-0.3, -0.25) is 0 Å². The highest BCUT2D eigenvalue weighted by Crippen LogP contribution is 2.40. The summed E-state index contributed by atoms with van der Waals surface area (Å²) in [5.41, 5.74) is 8.62. The molecule has 2 heteroatoms. The Morgan fingerprint density at radius 1 is 0.618 bits per heavy atom. The van der Waals surface area contributed by atoms with Gasteiger partial charge in [0.05, 0.1) is 0 Å². The molecule has 0 amide bonds. The third-order valence-electron chi connectivity index (χ3n) is 7.67. The van der Waals surface area contributed by atoms with Gasteiger partial charge in [0.2, 0.25) is 0 Å². The maximum absolute atomic E-state index is 7.23. The normalized spacial score (nSPS) is 12.6. The smallest absolute Gasteiger partial charge is 0.0223 e. The van der Waals surface area contributed by atoms with Crippen molar-refractivity contribution in [2.24, 2.45) is 5.73 Å². The van der Waals surface area contributed by atoms with E-state index in [4.69, 9.17) is 5.73 Å². The Morgan fingerprint density at radius 3 is 1.68 bits per heavy atom. The number of nitrogens with two attached hydrogens (primary N) is 1. The number of unbranched alkanes of at least 4 members (excludes halogenated alkanes) is 11. The topological polar surface area (TPSA) is 26.0 Å². The van der Waals surface area contributed by atoms with Crippen LogP contribution in [-0.2, 0) is 0 Å². The highest BCUT2D eigenvalue weighted by Gasteiger charge is 2.34. The molecule has 0 heterocycles. The maximum atomic E-state index is 7.23. The summed E-state index contributed by atoms with van der Waals surface area (Å²) in [4.78, 5) is 0. The maximum Gasteiger partial charge on any atom is 0.0223 e. The van der Waals surface area contributed by atoms with Gasteiger partial charge < -0.3 is 5.73 Å². The zero-order valence-electron chi connectivity index (χ0n) is 22.6. The predicted octanol–water partition coefficient (Wildman–Crippen LogP) is 10.7. The molecule has 1 nitrogen and oxygen atoms in total. The van der Waals surface area contributed by atoms with E-state index in [1.807, 2.05) is 0 Å². The van der Waals surface area contributed by atoms with Gasteiger partial charge in [0.15, 0.2) is 0 Å². The minimum Gasteiger partial charge on any atom is -0.325 e. The Hall–Kier alpha value is -1.05. The lowest BCUT2D eigenvalue weighted by molar-refractivity contribution is 0.276. The summed E-state index contributed by atoms with van der Waals surface area (Å²) in [5, 5.41) is 2.76. The van der Waals surface area contributed by atoms with E-state index in [0.29, 0.717) is 5.92 Å². The van der Waals surface area contributed by atoms with Crippen LogP contribution in [0.1, 0.15) is 141 Å². The zero-order valence-corrected chi connectivity index (χ0v) is 23.4. The summed E-state index contributed by atoms with van der Waals surface area (Å²) in [5.74, 6) is 0.451. The molecule has 194 valence electrons. The molecule has 2 N–H and O–H groups in total. The van der Waals surface area contributed by atoms with Crippen molar-refractivity contribution in [3.8, 4) is 0 Å². The second-order valence-corrected chi connectivity index (χ2v) is 10.5. The molecule has 0 radical (unpaired) electrons. The molecule has 0 aromatic heterocycles. The summed E-state index contributed by atoms with van der Waals surface area (Å²) < 4.78 is 0. The molecule has 0 saturated heterocycles. The van der Waals surface area contributed by atoms with Crippen LogP contribution in [0.3, 0.4) is 0 Å². The Morgan fingerprint density at radius 2 is 1.12 bits per heavy atom. The van der Waals surface area contributed by atoms with Crippen molar-refractivity contribution in [1.29, 1.82) is 0 Å². The molecule has 0 aliphatic rings. The van der Waals surface area contributed by atoms with Crippen LogP contribution in [0.25, 0.3) is 10.8 Å². The van der Waals surface area contributed by atoms with E-state index in [9.17, 15) is 0 Å². The van der Waals surface area contributed by atoms with Crippen molar-refractivity contribution < 1.29 is 0 Å². The molecule has 0 bridgehead atoms. The molecule has 34 heavy (non-hydrogen) atoms. The Labute approximate surface area is 218 Å². The first-order valence-corrected chi connectivity index (χ1v) is 14.4. The van der Waals surface area contributed by atoms with E-state index in [-0.39, 0.29) is 17.9 Å². The Balaban J connectivity index is 0.00000578. The van der Waals surface area contributed by atoms with Gasteiger partial charge in [-0.15, -0.1) is 12.4 Å². The summed E-state index contributed by atoms with van der Waals surface area (Å²) in [7, 11) is 0. The Bertz CT molecular complexity index is 744. The van der Waals surface area contributed by atoms with Crippen molar-refractivity contribution in [1.82, 2.24) is 0 Å². The first-order chi connectivity index (χ1) is 16.2. The standard InChI is InChI=1S/C32H53N.ClH/c1-4-7-8-9-10-11-12-13-14-15-16-17-25-31(32(33,26-5-2)27-6-3)30-24-20-22-28-21-18-19-23-29(28)30;/h18-24,31H,4-17,25-27,33H2,1-3H3;1H. The van der Waals surface area contributed by atoms with Crippen molar-refractivity contribution in [2.75, 3.05) is 0 Å². The van der Waals surface area contributed by atoms with Crippen molar-refractivity contribution in [2.45, 2.75) is 141 Å². The molecule has 0 aliphatic carbocycles. The van der Waals surface area contributed by atoms with Crippen molar-refractivity contribution >= 4 is 23.2 Å². The van der Waals surface area contributed by atoms with Gasteiger partial charge in [0.25, 0.3) is 0 Å². The lowest BCUT2D eigenvalue weighted by Crippen LogP contribution is -2.45. The van der Waals surface area contributed by atoms with Crippen LogP contribution in [0.15, 0.2) is 42.5 Å². The molecule has 1 atom stereocenters. The van der Waals surface area contributed by atoms with Gasteiger partial charge in [-0.05, 0) is 35.6 Å². The van der Waals surface area contributed by atoms with E-state index in [2.05, 4.69) is 63.2 Å². The van der Waals surface area contributed by atoms with Crippen LogP contribution in [0, 0.1) is 0 Å². The van der Waals surface area contributed by atoms with Crippen LogP contribution >= 0.6 is 12.4 Å². The SMILES string of the molecule is CCCCCCCCCCCCCCC(c1cccc2ccccc12)C(N)(CCC)CCC.Cl.